The first kappa shape index (κ1) is 7.46. The van der Waals surface area contributed by atoms with Crippen molar-refractivity contribution in [2.75, 3.05) is 0 Å². The Kier molecular flexibility index (Phi) is 2.21. The van der Waals surface area contributed by atoms with Gasteiger partial charge in [-0.25, -0.2) is 0 Å². The predicted molar refractivity (Wildman–Crippen MR) is 37.8 cm³/mol. The van der Waals surface area contributed by atoms with Gasteiger partial charge in [0.05, 0.1) is 24.6 Å². The molecule has 4 N–H and O–H groups in total. The maximum atomic E-state index is 8.65. The highest BCUT2D eigenvalue weighted by Gasteiger charge is 2.00. The van der Waals surface area contributed by atoms with Crippen LogP contribution in [-0.4, -0.2) is 20.2 Å². The topological polar surface area (TPSA) is 72.0 Å². The lowest BCUT2D eigenvalue weighted by molar-refractivity contribution is 0.255. The van der Waals surface area contributed by atoms with Crippen molar-refractivity contribution in [3.63, 3.8) is 0 Å². The zero-order valence-electron chi connectivity index (χ0n) is 5.22. The average molecular weight is 160 g/mol. The van der Waals surface area contributed by atoms with Crippen molar-refractivity contribution in [1.82, 2.24) is 9.97 Å². The number of nitrogens with one attached hydrogen (secondary N) is 2. The Morgan fingerprint density at radius 2 is 1.50 bits per heavy atom. The second-order valence-corrected chi connectivity index (χ2v) is 2.26. The SMILES string of the molecule is OCc1[nH]c(=S)[nH]c1CO. The third kappa shape index (κ3) is 1.26. The molecule has 1 aromatic rings. The molecule has 0 aliphatic rings. The predicted octanol–water partition coefficient (Wildman–Crippen LogP) is 0.0569. The molecule has 0 saturated carbocycles. The number of aliphatic hydroxyl groups excluding tert-OH is 2. The molecule has 0 spiro atoms. The molecule has 0 aliphatic carbocycles. The fourth-order valence-corrected chi connectivity index (χ4v) is 0.973. The molecule has 1 rings (SSSR count). The van der Waals surface area contributed by atoms with Crippen LogP contribution >= 0.6 is 12.2 Å². The van der Waals surface area contributed by atoms with Crippen LogP contribution in [0.5, 0.6) is 0 Å². The van der Waals surface area contributed by atoms with Gasteiger partial charge in [0.25, 0.3) is 0 Å². The summed E-state index contributed by atoms with van der Waals surface area (Å²) in [6, 6.07) is 0. The Morgan fingerprint density at radius 3 is 1.80 bits per heavy atom. The van der Waals surface area contributed by atoms with E-state index in [0.29, 0.717) is 16.2 Å². The molecule has 0 saturated heterocycles. The van der Waals surface area contributed by atoms with Crippen molar-refractivity contribution < 1.29 is 10.2 Å². The molecular formula is C5H8N2O2S. The summed E-state index contributed by atoms with van der Waals surface area (Å²) in [6.45, 7) is -0.272. The molecule has 5 heteroatoms. The van der Waals surface area contributed by atoms with Gasteiger partial charge in [0, 0.05) is 0 Å². The Hall–Kier alpha value is -0.650. The number of imidazole rings is 1. The fraction of sp³-hybridized carbons (Fsp3) is 0.400. The minimum Gasteiger partial charge on any atom is -0.390 e. The van der Waals surface area contributed by atoms with Crippen LogP contribution in [0.25, 0.3) is 0 Å². The summed E-state index contributed by atoms with van der Waals surface area (Å²) < 4.78 is 0.424. The number of rotatable bonds is 2. The quantitative estimate of drug-likeness (QED) is 0.462. The monoisotopic (exact) mass is 160 g/mol. The summed E-state index contributed by atoms with van der Waals surface area (Å²) in [4.78, 5) is 5.39. The molecule has 0 radical (unpaired) electrons. The van der Waals surface area contributed by atoms with Crippen LogP contribution in [0.4, 0.5) is 0 Å². The van der Waals surface area contributed by atoms with E-state index in [1.165, 1.54) is 0 Å². The highest BCUT2D eigenvalue weighted by molar-refractivity contribution is 7.71. The fourth-order valence-electron chi connectivity index (χ4n) is 0.726. The summed E-state index contributed by atoms with van der Waals surface area (Å²) in [5.74, 6) is 0. The van der Waals surface area contributed by atoms with Crippen LogP contribution in [0, 0.1) is 4.77 Å². The molecule has 1 heterocycles. The van der Waals surface area contributed by atoms with E-state index in [-0.39, 0.29) is 13.2 Å². The van der Waals surface area contributed by atoms with Gasteiger partial charge in [-0.3, -0.25) is 0 Å². The molecule has 0 fully saturated rings. The number of hydrogen-bond donors (Lipinski definition) is 4. The first-order valence-corrected chi connectivity index (χ1v) is 3.20. The van der Waals surface area contributed by atoms with Gasteiger partial charge in [-0.05, 0) is 12.2 Å². The first-order chi connectivity index (χ1) is 4.77. The maximum absolute atomic E-state index is 8.65. The highest BCUT2D eigenvalue weighted by atomic mass is 32.1. The zero-order chi connectivity index (χ0) is 7.56. The molecule has 0 amide bonds. The summed E-state index contributed by atoms with van der Waals surface area (Å²) >= 11 is 4.72. The van der Waals surface area contributed by atoms with Gasteiger partial charge in [0.15, 0.2) is 4.77 Å². The van der Waals surface area contributed by atoms with Gasteiger partial charge in [0.2, 0.25) is 0 Å². The largest absolute Gasteiger partial charge is 0.390 e. The van der Waals surface area contributed by atoms with E-state index in [1.807, 2.05) is 0 Å². The normalized spacial score (nSPS) is 10.2. The van der Waals surface area contributed by atoms with E-state index >= 15 is 0 Å². The molecule has 0 unspecified atom stereocenters. The van der Waals surface area contributed by atoms with Crippen LogP contribution in [0.2, 0.25) is 0 Å². The lowest BCUT2D eigenvalue weighted by atomic mass is 10.3. The second-order valence-electron chi connectivity index (χ2n) is 1.85. The highest BCUT2D eigenvalue weighted by Crippen LogP contribution is 2.02. The van der Waals surface area contributed by atoms with Crippen molar-refractivity contribution in [2.24, 2.45) is 0 Å². The van der Waals surface area contributed by atoms with Gasteiger partial charge < -0.3 is 20.2 Å². The molecule has 0 atom stereocenters. The Bertz CT molecular complexity index is 240. The summed E-state index contributed by atoms with van der Waals surface area (Å²) in [5.41, 5.74) is 1.10. The van der Waals surface area contributed by atoms with Crippen molar-refractivity contribution in [3.05, 3.63) is 16.2 Å². The van der Waals surface area contributed by atoms with Gasteiger partial charge in [-0.15, -0.1) is 0 Å². The molecule has 0 bridgehead atoms. The van der Waals surface area contributed by atoms with Gasteiger partial charge in [-0.1, -0.05) is 0 Å². The van der Waals surface area contributed by atoms with E-state index in [1.54, 1.807) is 0 Å². The van der Waals surface area contributed by atoms with Crippen molar-refractivity contribution >= 4 is 12.2 Å². The molecule has 1 aromatic heterocycles. The van der Waals surface area contributed by atoms with E-state index < -0.39 is 0 Å². The smallest absolute Gasteiger partial charge is 0.175 e. The van der Waals surface area contributed by atoms with Crippen molar-refractivity contribution in [2.45, 2.75) is 13.2 Å². The first-order valence-electron chi connectivity index (χ1n) is 2.79. The summed E-state index contributed by atoms with van der Waals surface area (Å²) in [6.07, 6.45) is 0. The Morgan fingerprint density at radius 1 is 1.10 bits per heavy atom. The summed E-state index contributed by atoms with van der Waals surface area (Å²) in [7, 11) is 0. The van der Waals surface area contributed by atoms with Crippen LogP contribution in [0.1, 0.15) is 11.4 Å². The average Bonchev–Trinajstić information content (AvgIpc) is 2.30. The Balaban J connectivity index is 3.08. The number of aromatic nitrogens is 2. The van der Waals surface area contributed by atoms with E-state index in [0.717, 1.165) is 0 Å². The summed E-state index contributed by atoms with van der Waals surface area (Å²) in [5, 5.41) is 17.3. The molecule has 4 nitrogen and oxygen atoms in total. The van der Waals surface area contributed by atoms with E-state index in [4.69, 9.17) is 22.4 Å². The minimum absolute atomic E-state index is 0.136. The third-order valence-corrected chi connectivity index (χ3v) is 1.41. The van der Waals surface area contributed by atoms with Crippen molar-refractivity contribution in [1.29, 1.82) is 0 Å². The molecule has 10 heavy (non-hydrogen) atoms. The standard InChI is InChI=1S/C5H8N2O2S/c8-1-3-4(2-9)7-5(10)6-3/h8-9H,1-2H2,(H2,6,7,10). The Labute approximate surface area is 62.5 Å². The molecule has 0 aromatic carbocycles. The van der Waals surface area contributed by atoms with Gasteiger partial charge >= 0.3 is 0 Å². The van der Waals surface area contributed by atoms with Crippen LogP contribution in [0.15, 0.2) is 0 Å². The lowest BCUT2D eigenvalue weighted by Crippen LogP contribution is -1.91. The van der Waals surface area contributed by atoms with E-state index in [9.17, 15) is 0 Å². The van der Waals surface area contributed by atoms with Crippen LogP contribution < -0.4 is 0 Å². The second kappa shape index (κ2) is 2.96. The minimum atomic E-state index is -0.136. The van der Waals surface area contributed by atoms with Crippen molar-refractivity contribution in [3.8, 4) is 0 Å². The van der Waals surface area contributed by atoms with Crippen LogP contribution in [0.3, 0.4) is 0 Å². The maximum Gasteiger partial charge on any atom is 0.175 e. The number of H-pyrrole nitrogens is 2. The van der Waals surface area contributed by atoms with Gasteiger partial charge in [0.1, 0.15) is 0 Å². The molecule has 56 valence electrons. The number of hydrogen-bond acceptors (Lipinski definition) is 3. The molecule has 0 aliphatic heterocycles. The number of aliphatic hydroxyl groups is 2. The van der Waals surface area contributed by atoms with E-state index in [2.05, 4.69) is 9.97 Å². The van der Waals surface area contributed by atoms with Gasteiger partial charge in [-0.2, -0.15) is 0 Å². The third-order valence-electron chi connectivity index (χ3n) is 1.21. The molecular weight excluding hydrogens is 152 g/mol. The lowest BCUT2D eigenvalue weighted by Gasteiger charge is -1.91. The zero-order valence-corrected chi connectivity index (χ0v) is 6.03. The van der Waals surface area contributed by atoms with Crippen LogP contribution in [-0.2, 0) is 13.2 Å². The number of aromatic amines is 2.